The van der Waals surface area contributed by atoms with Gasteiger partial charge in [0, 0.05) is 6.07 Å². The number of methoxy groups -OCH3 is 1. The number of nitro benzene ring substituents is 1. The van der Waals surface area contributed by atoms with Crippen molar-refractivity contribution in [3.8, 4) is 11.5 Å². The smallest absolute Gasteiger partial charge is 0.283 e. The van der Waals surface area contributed by atoms with Crippen molar-refractivity contribution in [1.82, 2.24) is 5.01 Å². The number of amides is 1. The van der Waals surface area contributed by atoms with Gasteiger partial charge in [0.05, 0.1) is 28.2 Å². The lowest BCUT2D eigenvalue weighted by atomic mass is 10.1. The van der Waals surface area contributed by atoms with Crippen LogP contribution in [0.15, 0.2) is 52.1 Å². The topological polar surface area (TPSA) is 130 Å². The zero-order valence-corrected chi connectivity index (χ0v) is 19.6. The molecule has 0 bridgehead atoms. The Bertz CT molecular complexity index is 1310. The second kappa shape index (κ2) is 9.65. The van der Waals surface area contributed by atoms with Gasteiger partial charge in [-0.05, 0) is 48.0 Å². The predicted octanol–water partition coefficient (Wildman–Crippen LogP) is 4.86. The van der Waals surface area contributed by atoms with E-state index in [2.05, 4.69) is 10.1 Å². The molecule has 0 atom stereocenters. The first-order valence-corrected chi connectivity index (χ1v) is 11.2. The van der Waals surface area contributed by atoms with Crippen LogP contribution in [0.25, 0.3) is 6.08 Å². The minimum atomic E-state index is -0.553. The highest BCUT2D eigenvalue weighted by atomic mass is 35.5. The van der Waals surface area contributed by atoms with Gasteiger partial charge in [0.1, 0.15) is 11.7 Å². The molecule has 174 valence electrons. The van der Waals surface area contributed by atoms with Crippen LogP contribution in [0.5, 0.6) is 11.5 Å². The molecule has 2 aliphatic heterocycles. The van der Waals surface area contributed by atoms with Gasteiger partial charge in [0.2, 0.25) is 5.17 Å². The zero-order chi connectivity index (χ0) is 24.4. The van der Waals surface area contributed by atoms with E-state index in [0.717, 1.165) is 5.04 Å². The van der Waals surface area contributed by atoms with Crippen molar-refractivity contribution in [3.63, 3.8) is 0 Å². The Hall–Kier alpha value is -3.70. The van der Waals surface area contributed by atoms with Crippen molar-refractivity contribution in [3.05, 3.63) is 68.2 Å². The Morgan fingerprint density at radius 2 is 2.09 bits per heavy atom. The molecule has 0 aromatic heterocycles. The third kappa shape index (κ3) is 4.52. The largest absolute Gasteiger partial charge is 0.493 e. The van der Waals surface area contributed by atoms with E-state index in [4.69, 9.17) is 26.5 Å². The Morgan fingerprint density at radius 1 is 1.32 bits per heavy atom. The number of rotatable bonds is 7. The number of ether oxygens (including phenoxy) is 2. The summed E-state index contributed by atoms with van der Waals surface area (Å²) in [5, 5.41) is 26.6. The van der Waals surface area contributed by atoms with Crippen molar-refractivity contribution >= 4 is 57.1 Å². The van der Waals surface area contributed by atoms with Gasteiger partial charge in [-0.25, -0.2) is 0 Å². The van der Waals surface area contributed by atoms with Gasteiger partial charge in [0.15, 0.2) is 17.3 Å². The van der Waals surface area contributed by atoms with Crippen molar-refractivity contribution in [1.29, 1.82) is 5.41 Å². The Balaban J connectivity index is 1.62. The lowest BCUT2D eigenvalue weighted by Gasteiger charge is -2.20. The third-order valence-electron chi connectivity index (χ3n) is 4.92. The number of hydrogen-bond donors (Lipinski definition) is 1. The molecule has 2 aromatic rings. The average Bonchev–Trinajstić information content (AvgIpc) is 3.24. The first kappa shape index (κ1) is 23.5. The lowest BCUT2D eigenvalue weighted by Crippen LogP contribution is -2.35. The number of amidine groups is 2. The second-order valence-electron chi connectivity index (χ2n) is 7.08. The summed E-state index contributed by atoms with van der Waals surface area (Å²) < 4.78 is 11.2. The van der Waals surface area contributed by atoms with Crippen molar-refractivity contribution < 1.29 is 19.2 Å². The van der Waals surface area contributed by atoms with Gasteiger partial charge in [-0.15, -0.1) is 0 Å². The van der Waals surface area contributed by atoms with Crippen molar-refractivity contribution in [2.45, 2.75) is 20.0 Å². The van der Waals surface area contributed by atoms with E-state index < -0.39 is 10.8 Å². The third-order valence-corrected chi connectivity index (χ3v) is 6.26. The number of carbonyl (C=O) groups is 1. The molecule has 0 aliphatic carbocycles. The minimum Gasteiger partial charge on any atom is -0.493 e. The number of nitrogens with zero attached hydrogens (tertiary/aromatic N) is 4. The number of carbonyl (C=O) groups excluding carboxylic acids is 1. The molecule has 12 heteroatoms. The fraction of sp³-hybridized carbons (Fsp3) is 0.182. The second-order valence-corrected chi connectivity index (χ2v) is 8.52. The number of fused-ring (bicyclic) bond motifs is 1. The van der Waals surface area contributed by atoms with Crippen LogP contribution in [0.2, 0.25) is 5.02 Å². The van der Waals surface area contributed by atoms with Crippen LogP contribution < -0.4 is 9.47 Å². The number of nitrogens with one attached hydrogen (secondary N) is 1. The number of para-hydroxylation sites is 1. The van der Waals surface area contributed by atoms with Crippen molar-refractivity contribution in [2.24, 2.45) is 10.1 Å². The van der Waals surface area contributed by atoms with E-state index in [1.165, 1.54) is 36.0 Å². The maximum absolute atomic E-state index is 12.6. The van der Waals surface area contributed by atoms with Crippen LogP contribution >= 0.6 is 23.4 Å². The van der Waals surface area contributed by atoms with Gasteiger partial charge < -0.3 is 9.47 Å². The van der Waals surface area contributed by atoms with Gasteiger partial charge in [-0.2, -0.15) is 15.1 Å². The first-order valence-electron chi connectivity index (χ1n) is 10.0. The molecule has 0 fully saturated rings. The number of aliphatic imine (C=N–C) groups is 1. The summed E-state index contributed by atoms with van der Waals surface area (Å²) in [4.78, 5) is 27.4. The molecule has 2 heterocycles. The number of halogens is 1. The highest BCUT2D eigenvalue weighted by Crippen LogP contribution is 2.38. The Morgan fingerprint density at radius 3 is 2.79 bits per heavy atom. The maximum Gasteiger partial charge on any atom is 0.283 e. The first-order chi connectivity index (χ1) is 16.3. The maximum atomic E-state index is 12.6. The van der Waals surface area contributed by atoms with E-state index in [-0.39, 0.29) is 40.2 Å². The van der Waals surface area contributed by atoms with E-state index in [1.54, 1.807) is 30.3 Å². The number of benzene rings is 2. The van der Waals surface area contributed by atoms with Crippen LogP contribution in [0.1, 0.15) is 24.5 Å². The molecule has 1 amide bonds. The molecule has 0 saturated carbocycles. The molecule has 2 aromatic carbocycles. The Kier molecular flexibility index (Phi) is 6.66. The highest BCUT2D eigenvalue weighted by Gasteiger charge is 2.35. The van der Waals surface area contributed by atoms with Crippen LogP contribution in [-0.2, 0) is 11.4 Å². The fourth-order valence-electron chi connectivity index (χ4n) is 3.27. The molecule has 0 radical (unpaired) electrons. The van der Waals surface area contributed by atoms with Gasteiger partial charge in [-0.3, -0.25) is 20.3 Å². The minimum absolute atomic E-state index is 0.0529. The summed E-state index contributed by atoms with van der Waals surface area (Å²) in [6.07, 6.45) is 2.15. The summed E-state index contributed by atoms with van der Waals surface area (Å²) in [6.45, 7) is 1.83. The fourth-order valence-corrected chi connectivity index (χ4v) is 4.36. The van der Waals surface area contributed by atoms with Crippen LogP contribution in [0.3, 0.4) is 0 Å². The molecule has 0 spiro atoms. The number of thioether (sulfide) groups is 1. The molecule has 0 saturated heterocycles. The van der Waals surface area contributed by atoms with Crippen LogP contribution in [0.4, 0.5) is 5.69 Å². The summed E-state index contributed by atoms with van der Waals surface area (Å²) >= 11 is 7.69. The standard InChI is InChI=1S/C22H18ClN5O5S/c1-3-18-26-27-20(24)14(21(29)25-22(27)34-18)8-12-9-15(23)19(17(10-12)32-2)33-11-13-6-4-5-7-16(13)28(30)31/h4-10,24H,3,11H2,1-2H3. The van der Waals surface area contributed by atoms with Crippen molar-refractivity contribution in [2.75, 3.05) is 7.11 Å². The summed E-state index contributed by atoms with van der Waals surface area (Å²) in [5.41, 5.74) is 0.847. The molecular formula is C22H18ClN5O5S. The molecule has 4 rings (SSSR count). The molecule has 1 N–H and O–H groups in total. The molecule has 34 heavy (non-hydrogen) atoms. The van der Waals surface area contributed by atoms with E-state index in [0.29, 0.717) is 22.7 Å². The molecule has 2 aliphatic rings. The Labute approximate surface area is 203 Å². The molecular weight excluding hydrogens is 482 g/mol. The summed E-state index contributed by atoms with van der Waals surface area (Å²) in [6, 6.07) is 9.37. The highest BCUT2D eigenvalue weighted by molar-refractivity contribution is 8.26. The monoisotopic (exact) mass is 499 g/mol. The summed E-state index contributed by atoms with van der Waals surface area (Å²) in [7, 11) is 1.42. The zero-order valence-electron chi connectivity index (χ0n) is 18.1. The van der Waals surface area contributed by atoms with Crippen LogP contribution in [-0.4, -0.2) is 39.0 Å². The summed E-state index contributed by atoms with van der Waals surface area (Å²) in [5.74, 6) is -0.177. The normalized spacial score (nSPS) is 16.3. The number of nitro groups is 1. The quantitative estimate of drug-likeness (QED) is 0.327. The lowest BCUT2D eigenvalue weighted by molar-refractivity contribution is -0.385. The van der Waals surface area contributed by atoms with Gasteiger partial charge >= 0.3 is 0 Å². The molecule has 0 unspecified atom stereocenters. The average molecular weight is 500 g/mol. The SMILES string of the molecule is CCC1=NN2C(=N)C(=Cc3cc(Cl)c(OCc4ccccc4[N+](=O)[O-])c(OC)c3)C(=O)N=C2S1. The van der Waals surface area contributed by atoms with Gasteiger partial charge in [0.25, 0.3) is 11.6 Å². The van der Waals surface area contributed by atoms with E-state index >= 15 is 0 Å². The van der Waals surface area contributed by atoms with Gasteiger partial charge in [-0.1, -0.05) is 30.7 Å². The molecule has 10 nitrogen and oxygen atoms in total. The number of hydrogen-bond acceptors (Lipinski definition) is 8. The van der Waals surface area contributed by atoms with E-state index in [9.17, 15) is 14.9 Å². The van der Waals surface area contributed by atoms with E-state index in [1.807, 2.05) is 6.92 Å². The van der Waals surface area contributed by atoms with Crippen LogP contribution in [0, 0.1) is 15.5 Å². The number of hydrazone groups is 1. The predicted molar refractivity (Wildman–Crippen MR) is 131 cm³/mol.